The number of sulfonamides is 2. The van der Waals surface area contributed by atoms with Gasteiger partial charge in [0.1, 0.15) is 0 Å². The van der Waals surface area contributed by atoms with Crippen LogP contribution in [0, 0.1) is 0 Å². The second kappa shape index (κ2) is 14.1. The van der Waals surface area contributed by atoms with Crippen LogP contribution < -0.4 is 20.9 Å². The first kappa shape index (κ1) is 32.1. The molecule has 230 valence electrons. The summed E-state index contributed by atoms with van der Waals surface area (Å²) in [5, 5.41) is 22.6. The Hall–Kier alpha value is -3.82. The largest absolute Gasteiger partial charge is 0.323 e. The molecule has 14 heteroatoms. The van der Waals surface area contributed by atoms with Crippen molar-refractivity contribution in [2.45, 2.75) is 36.0 Å². The van der Waals surface area contributed by atoms with Crippen LogP contribution >= 0.6 is 0 Å². The van der Waals surface area contributed by atoms with Gasteiger partial charge in [0, 0.05) is 37.6 Å². The van der Waals surface area contributed by atoms with E-state index in [9.17, 15) is 21.6 Å². The van der Waals surface area contributed by atoms with Gasteiger partial charge in [-0.1, -0.05) is 43.7 Å². The number of piperazine rings is 1. The molecule has 12 nitrogen and oxygen atoms in total. The van der Waals surface area contributed by atoms with Gasteiger partial charge in [0.25, 0.3) is 0 Å². The van der Waals surface area contributed by atoms with E-state index in [1.807, 2.05) is 12.1 Å². The van der Waals surface area contributed by atoms with Gasteiger partial charge in [-0.3, -0.25) is 9.91 Å². The molecule has 0 aliphatic carbocycles. The number of nitrogens with zero attached hydrogens (tertiary/aromatic N) is 3. The average molecular weight is 628 g/mol. The minimum atomic E-state index is -4.13. The summed E-state index contributed by atoms with van der Waals surface area (Å²) in [4.78, 5) is 14.9. The van der Waals surface area contributed by atoms with E-state index in [1.54, 1.807) is 42.6 Å². The van der Waals surface area contributed by atoms with E-state index in [0.717, 1.165) is 38.3 Å². The second-order valence-corrected chi connectivity index (χ2v) is 13.4. The van der Waals surface area contributed by atoms with Crippen LogP contribution in [0.15, 0.2) is 81.6 Å². The molecule has 1 heterocycles. The third-order valence-electron chi connectivity index (χ3n) is 6.99. The minimum Gasteiger partial charge on any atom is -0.308 e. The summed E-state index contributed by atoms with van der Waals surface area (Å²) in [7, 11) is -7.98. The highest BCUT2D eigenvalue weighted by Crippen LogP contribution is 2.23. The molecule has 0 atom stereocenters. The van der Waals surface area contributed by atoms with Crippen LogP contribution in [0.1, 0.15) is 36.5 Å². The summed E-state index contributed by atoms with van der Waals surface area (Å²) >= 11 is 0. The van der Waals surface area contributed by atoms with Gasteiger partial charge in [0.2, 0.25) is 20.0 Å². The maximum atomic E-state index is 12.6. The number of carbonyl (C=O) groups excluding carboxylic acids is 1. The molecule has 43 heavy (non-hydrogen) atoms. The lowest BCUT2D eigenvalue weighted by Gasteiger charge is -2.32. The van der Waals surface area contributed by atoms with Crippen molar-refractivity contribution in [3.8, 4) is 0 Å². The van der Waals surface area contributed by atoms with E-state index < -0.39 is 26.1 Å². The lowest BCUT2D eigenvalue weighted by molar-refractivity contribution is 0.135. The normalized spacial score (nSPS) is 14.6. The van der Waals surface area contributed by atoms with E-state index in [4.69, 9.17) is 10.3 Å². The Kier molecular flexibility index (Phi) is 10.5. The molecule has 3 aromatic carbocycles. The van der Waals surface area contributed by atoms with Crippen LogP contribution in [0.3, 0.4) is 0 Å². The molecule has 6 N–H and O–H groups in total. The molecule has 2 amide bonds. The molecule has 0 aromatic heterocycles. The Bertz CT molecular complexity index is 1650. The summed E-state index contributed by atoms with van der Waals surface area (Å²) in [5.74, 6) is 0. The summed E-state index contributed by atoms with van der Waals surface area (Å²) in [6.07, 6.45) is 4.38. The predicted molar refractivity (Wildman–Crippen MR) is 168 cm³/mol. The smallest absolute Gasteiger partial charge is 0.308 e. The quantitative estimate of drug-likeness (QED) is 0.236. The number of primary sulfonamides is 2. The molecule has 1 aliphatic heterocycles. The van der Waals surface area contributed by atoms with E-state index in [1.165, 1.54) is 31.0 Å². The van der Waals surface area contributed by atoms with Crippen LogP contribution in [0.5, 0.6) is 0 Å². The topological polar surface area (TPSA) is 180 Å². The summed E-state index contributed by atoms with van der Waals surface area (Å²) in [5.41, 5.74) is 2.70. The van der Waals surface area contributed by atoms with Crippen molar-refractivity contribution in [2.24, 2.45) is 15.4 Å². The van der Waals surface area contributed by atoms with Crippen LogP contribution in [-0.2, 0) is 26.5 Å². The van der Waals surface area contributed by atoms with Crippen LogP contribution in [0.4, 0.5) is 16.2 Å². The van der Waals surface area contributed by atoms with Crippen molar-refractivity contribution in [1.82, 2.24) is 9.91 Å². The van der Waals surface area contributed by atoms with E-state index in [2.05, 4.69) is 32.6 Å². The maximum absolute atomic E-state index is 12.6. The first-order chi connectivity index (χ1) is 20.4. The number of rotatable bonds is 11. The average Bonchev–Trinajstić information content (AvgIpc) is 2.96. The van der Waals surface area contributed by atoms with Gasteiger partial charge in [-0.15, -0.1) is 0 Å². The van der Waals surface area contributed by atoms with Gasteiger partial charge in [-0.25, -0.2) is 31.9 Å². The number of hydrazone groups is 1. The fraction of sp³-hybridized carbons (Fsp3) is 0.310. The number of benzene rings is 3. The molecule has 3 aromatic rings. The molecular weight excluding hydrogens is 590 g/mol. The fourth-order valence-electron chi connectivity index (χ4n) is 4.61. The van der Waals surface area contributed by atoms with Gasteiger partial charge in [0.05, 0.1) is 16.0 Å². The third kappa shape index (κ3) is 9.59. The highest BCUT2D eigenvalue weighted by Gasteiger charge is 2.17. The molecule has 0 bridgehead atoms. The van der Waals surface area contributed by atoms with Gasteiger partial charge in [-0.05, 0) is 72.5 Å². The minimum absolute atomic E-state index is 0.0528. The molecular formula is C29H37N7O5S2. The zero-order valence-corrected chi connectivity index (χ0v) is 25.6. The predicted octanol–water partition coefficient (Wildman–Crippen LogP) is 2.97. The van der Waals surface area contributed by atoms with Crippen molar-refractivity contribution >= 4 is 43.7 Å². The second-order valence-electron chi connectivity index (χ2n) is 10.3. The number of hydrogen-bond donors (Lipinski definition) is 4. The SMILES string of the molecule is CCCCN1CCN(/N=C/c2ccc(NC(=O)Nc3ccc(Cc4ccc(S(N)(=O)=O)cc4)c(S(N)(=O)=O)c3)cc2)CC1. The lowest BCUT2D eigenvalue weighted by atomic mass is 10.0. The summed E-state index contributed by atoms with van der Waals surface area (Å²) < 4.78 is 47.7. The number of hydrogen-bond acceptors (Lipinski definition) is 8. The van der Waals surface area contributed by atoms with Crippen molar-refractivity contribution in [3.05, 3.63) is 83.4 Å². The number of amides is 2. The maximum Gasteiger partial charge on any atom is 0.323 e. The van der Waals surface area contributed by atoms with Crippen molar-refractivity contribution in [2.75, 3.05) is 43.4 Å². The summed E-state index contributed by atoms with van der Waals surface area (Å²) in [6, 6.07) is 16.8. The number of unbranched alkanes of at least 4 members (excludes halogenated alkanes) is 1. The molecule has 1 fully saturated rings. The van der Waals surface area contributed by atoms with Crippen LogP contribution in [-0.4, -0.2) is 71.7 Å². The zero-order valence-electron chi connectivity index (χ0n) is 23.9. The van der Waals surface area contributed by atoms with Crippen molar-refractivity contribution in [1.29, 1.82) is 0 Å². The Morgan fingerprint density at radius 3 is 2.09 bits per heavy atom. The van der Waals surface area contributed by atoms with E-state index >= 15 is 0 Å². The van der Waals surface area contributed by atoms with Gasteiger partial charge in [0.15, 0.2) is 0 Å². The molecule has 0 spiro atoms. The lowest BCUT2D eigenvalue weighted by Crippen LogP contribution is -2.44. The van der Waals surface area contributed by atoms with Crippen LogP contribution in [0.25, 0.3) is 0 Å². The first-order valence-electron chi connectivity index (χ1n) is 13.9. The van der Waals surface area contributed by atoms with Crippen LogP contribution in [0.2, 0.25) is 0 Å². The molecule has 1 saturated heterocycles. The number of nitrogens with two attached hydrogens (primary N) is 2. The monoisotopic (exact) mass is 627 g/mol. The van der Waals surface area contributed by atoms with Crippen molar-refractivity contribution < 1.29 is 21.6 Å². The van der Waals surface area contributed by atoms with E-state index in [0.29, 0.717) is 16.8 Å². The third-order valence-corrected chi connectivity index (χ3v) is 8.92. The number of nitrogens with one attached hydrogen (secondary N) is 2. The number of anilines is 2. The molecule has 0 saturated carbocycles. The fourth-order valence-corrected chi connectivity index (χ4v) is 5.92. The van der Waals surface area contributed by atoms with Gasteiger partial charge in [-0.2, -0.15) is 5.10 Å². The first-order valence-corrected chi connectivity index (χ1v) is 17.0. The van der Waals surface area contributed by atoms with E-state index in [-0.39, 0.29) is 21.9 Å². The number of urea groups is 1. The molecule has 4 rings (SSSR count). The highest BCUT2D eigenvalue weighted by molar-refractivity contribution is 7.89. The Morgan fingerprint density at radius 2 is 1.49 bits per heavy atom. The highest BCUT2D eigenvalue weighted by atomic mass is 32.2. The molecule has 0 unspecified atom stereocenters. The Balaban J connectivity index is 1.34. The molecule has 1 aliphatic rings. The number of carbonyl (C=O) groups is 1. The standard InChI is InChI=1S/C29H37N7O5S2/c1-2-3-14-35-15-17-36(18-16-35)32-21-23-4-9-25(10-5-23)33-29(37)34-26-11-8-24(28(20-26)43(31,40)41)19-22-6-12-27(13-7-22)42(30,38)39/h4-13,20-21H,2-3,14-19H2,1H3,(H2,30,38,39)(H2,31,40,41)(H2,33,34,37)/b32-21+. The molecule has 0 radical (unpaired) electrons. The summed E-state index contributed by atoms with van der Waals surface area (Å²) in [6.45, 7) is 7.14. The van der Waals surface area contributed by atoms with Gasteiger partial charge < -0.3 is 10.6 Å². The Labute approximate surface area is 252 Å². The van der Waals surface area contributed by atoms with Crippen molar-refractivity contribution in [3.63, 3.8) is 0 Å². The Morgan fingerprint density at radius 1 is 0.860 bits per heavy atom. The van der Waals surface area contributed by atoms with Gasteiger partial charge >= 0.3 is 6.03 Å². The zero-order chi connectivity index (χ0) is 31.0.